The first kappa shape index (κ1) is 16.2. The van der Waals surface area contributed by atoms with E-state index in [1.54, 1.807) is 0 Å². The van der Waals surface area contributed by atoms with Crippen LogP contribution < -0.4 is 10.6 Å². The van der Waals surface area contributed by atoms with E-state index < -0.39 is 0 Å². The van der Waals surface area contributed by atoms with Crippen LogP contribution >= 0.6 is 12.2 Å². The minimum absolute atomic E-state index is 0.137. The number of carbonyl (C=O) groups excluding carboxylic acids is 1. The Morgan fingerprint density at radius 2 is 2.00 bits per heavy atom. The molecule has 1 fully saturated rings. The van der Waals surface area contributed by atoms with Crippen LogP contribution in [-0.4, -0.2) is 55.3 Å². The van der Waals surface area contributed by atoms with Gasteiger partial charge in [0.25, 0.3) is 0 Å². The first-order valence-electron chi connectivity index (χ1n) is 7.11. The van der Waals surface area contributed by atoms with E-state index in [1.807, 2.05) is 11.8 Å². The third kappa shape index (κ3) is 7.32. The van der Waals surface area contributed by atoms with Crippen molar-refractivity contribution in [2.75, 3.05) is 39.4 Å². The number of amides is 1. The Hall–Kier alpha value is -0.880. The number of nitrogens with one attached hydrogen (secondary N) is 2. The summed E-state index contributed by atoms with van der Waals surface area (Å²) in [4.78, 5) is 13.8. The highest BCUT2D eigenvalue weighted by molar-refractivity contribution is 7.80. The predicted octanol–water partition coefficient (Wildman–Crippen LogP) is 0.890. The molecule has 1 rings (SSSR count). The quantitative estimate of drug-likeness (QED) is 0.538. The highest BCUT2D eigenvalue weighted by Gasteiger charge is 2.15. The van der Waals surface area contributed by atoms with Crippen molar-refractivity contribution in [2.45, 2.75) is 32.6 Å². The summed E-state index contributed by atoms with van der Waals surface area (Å²) in [6, 6.07) is 0. The first-order valence-corrected chi connectivity index (χ1v) is 7.52. The zero-order chi connectivity index (χ0) is 13.9. The molecule has 0 unspecified atom stereocenters. The Morgan fingerprint density at radius 3 is 2.68 bits per heavy atom. The van der Waals surface area contributed by atoms with Crippen molar-refractivity contribution in [1.82, 2.24) is 15.5 Å². The molecule has 0 bridgehead atoms. The van der Waals surface area contributed by atoms with Gasteiger partial charge in [0.05, 0.1) is 6.54 Å². The molecule has 1 aliphatic heterocycles. The summed E-state index contributed by atoms with van der Waals surface area (Å²) in [7, 11) is 0. The molecule has 1 aliphatic rings. The van der Waals surface area contributed by atoms with E-state index in [-0.39, 0.29) is 12.5 Å². The molecule has 1 heterocycles. The van der Waals surface area contributed by atoms with Crippen molar-refractivity contribution in [3.63, 3.8) is 0 Å². The fourth-order valence-corrected chi connectivity index (χ4v) is 2.17. The molecule has 1 saturated heterocycles. The summed E-state index contributed by atoms with van der Waals surface area (Å²) >= 11 is 5.12. The minimum atomic E-state index is 0.137. The number of ether oxygens (including phenoxy) is 1. The van der Waals surface area contributed by atoms with Crippen LogP contribution in [0, 0.1) is 0 Å². The maximum Gasteiger partial charge on any atom is 0.241 e. The molecule has 1 amide bonds. The maximum absolute atomic E-state index is 11.9. The van der Waals surface area contributed by atoms with Gasteiger partial charge in [0.2, 0.25) is 5.91 Å². The average molecular weight is 287 g/mol. The lowest BCUT2D eigenvalue weighted by Gasteiger charge is -2.27. The lowest BCUT2D eigenvalue weighted by atomic mass is 10.1. The van der Waals surface area contributed by atoms with Gasteiger partial charge in [0.1, 0.15) is 0 Å². The minimum Gasteiger partial charge on any atom is -0.382 e. The number of likely N-dealkylation sites (tertiary alicyclic amines) is 1. The number of hydrogen-bond donors (Lipinski definition) is 2. The van der Waals surface area contributed by atoms with E-state index in [0.29, 0.717) is 5.11 Å². The molecular formula is C13H25N3O2S. The second-order valence-corrected chi connectivity index (χ2v) is 5.01. The highest BCUT2D eigenvalue weighted by atomic mass is 32.1. The van der Waals surface area contributed by atoms with Gasteiger partial charge in [-0.05, 0) is 44.8 Å². The summed E-state index contributed by atoms with van der Waals surface area (Å²) < 4.78 is 5.23. The molecule has 6 heteroatoms. The molecule has 0 aromatic heterocycles. The number of hydrogen-bond acceptors (Lipinski definition) is 3. The molecule has 0 aliphatic carbocycles. The van der Waals surface area contributed by atoms with Crippen LogP contribution in [0.15, 0.2) is 0 Å². The normalized spacial score (nSPS) is 15.1. The second kappa shape index (κ2) is 9.97. The van der Waals surface area contributed by atoms with Gasteiger partial charge >= 0.3 is 0 Å². The Morgan fingerprint density at radius 1 is 1.26 bits per heavy atom. The molecule has 0 saturated carbocycles. The lowest BCUT2D eigenvalue weighted by molar-refractivity contribution is -0.130. The van der Waals surface area contributed by atoms with Crippen LogP contribution in [0.5, 0.6) is 0 Å². The average Bonchev–Trinajstić information content (AvgIpc) is 2.45. The number of rotatable bonds is 7. The number of thiocarbonyl (C=S) groups is 1. The van der Waals surface area contributed by atoms with Gasteiger partial charge < -0.3 is 20.3 Å². The molecule has 2 N–H and O–H groups in total. The number of carbonyl (C=O) groups is 1. The molecule has 0 spiro atoms. The maximum atomic E-state index is 11.9. The van der Waals surface area contributed by atoms with E-state index in [9.17, 15) is 4.79 Å². The van der Waals surface area contributed by atoms with Crippen LogP contribution in [0.1, 0.15) is 32.6 Å². The van der Waals surface area contributed by atoms with E-state index >= 15 is 0 Å². The van der Waals surface area contributed by atoms with Crippen molar-refractivity contribution < 1.29 is 9.53 Å². The fourth-order valence-electron chi connectivity index (χ4n) is 1.99. The number of nitrogens with zero attached hydrogens (tertiary/aromatic N) is 1. The predicted molar refractivity (Wildman–Crippen MR) is 80.1 cm³/mol. The Kier molecular flexibility index (Phi) is 8.49. The van der Waals surface area contributed by atoms with Crippen LogP contribution in [0.2, 0.25) is 0 Å². The smallest absolute Gasteiger partial charge is 0.241 e. The van der Waals surface area contributed by atoms with Crippen LogP contribution in [0.3, 0.4) is 0 Å². The summed E-state index contributed by atoms with van der Waals surface area (Å²) in [6.07, 6.45) is 4.38. The molecule has 110 valence electrons. The van der Waals surface area contributed by atoms with Crippen molar-refractivity contribution in [1.29, 1.82) is 0 Å². The second-order valence-electron chi connectivity index (χ2n) is 4.60. The summed E-state index contributed by atoms with van der Waals surface area (Å²) in [5, 5.41) is 6.57. The van der Waals surface area contributed by atoms with Crippen LogP contribution in [0.25, 0.3) is 0 Å². The van der Waals surface area contributed by atoms with Crippen molar-refractivity contribution in [3.05, 3.63) is 0 Å². The third-order valence-corrected chi connectivity index (χ3v) is 3.35. The van der Waals surface area contributed by atoms with E-state index in [0.717, 1.165) is 52.1 Å². The molecule has 0 radical (unpaired) electrons. The summed E-state index contributed by atoms with van der Waals surface area (Å²) in [5.74, 6) is 0.137. The van der Waals surface area contributed by atoms with Gasteiger partial charge in [-0.25, -0.2) is 0 Å². The Labute approximate surface area is 121 Å². The van der Waals surface area contributed by atoms with E-state index in [2.05, 4.69) is 10.6 Å². The Balaban J connectivity index is 2.03. The standard InChI is InChI=1S/C13H25N3O2S/c1-2-18-10-6-7-14-13(19)15-11-12(17)16-8-4-3-5-9-16/h2-11H2,1H3,(H2,14,15,19). The fraction of sp³-hybridized carbons (Fsp3) is 0.846. The van der Waals surface area contributed by atoms with Gasteiger partial charge in [-0.2, -0.15) is 0 Å². The van der Waals surface area contributed by atoms with E-state index in [4.69, 9.17) is 17.0 Å². The van der Waals surface area contributed by atoms with Gasteiger partial charge in [-0.1, -0.05) is 0 Å². The Bertz CT molecular complexity index is 281. The van der Waals surface area contributed by atoms with Gasteiger partial charge in [-0.15, -0.1) is 0 Å². The molecule has 0 aromatic rings. The molecule has 5 nitrogen and oxygen atoms in total. The summed E-state index contributed by atoms with van der Waals surface area (Å²) in [5.41, 5.74) is 0. The summed E-state index contributed by atoms with van der Waals surface area (Å²) in [6.45, 7) is 6.28. The molecular weight excluding hydrogens is 262 g/mol. The number of piperidine rings is 1. The van der Waals surface area contributed by atoms with Crippen molar-refractivity contribution in [3.8, 4) is 0 Å². The highest BCUT2D eigenvalue weighted by Crippen LogP contribution is 2.07. The van der Waals surface area contributed by atoms with Crippen LogP contribution in [-0.2, 0) is 9.53 Å². The monoisotopic (exact) mass is 287 g/mol. The zero-order valence-corrected chi connectivity index (χ0v) is 12.6. The van der Waals surface area contributed by atoms with Gasteiger partial charge in [0.15, 0.2) is 5.11 Å². The largest absolute Gasteiger partial charge is 0.382 e. The molecule has 19 heavy (non-hydrogen) atoms. The third-order valence-electron chi connectivity index (χ3n) is 3.06. The lowest BCUT2D eigenvalue weighted by Crippen LogP contribution is -2.45. The topological polar surface area (TPSA) is 53.6 Å². The van der Waals surface area contributed by atoms with E-state index in [1.165, 1.54) is 6.42 Å². The SMILES string of the molecule is CCOCCCNC(=S)NCC(=O)N1CCCCC1. The van der Waals surface area contributed by atoms with Crippen molar-refractivity contribution in [2.24, 2.45) is 0 Å². The molecule has 0 aromatic carbocycles. The van der Waals surface area contributed by atoms with Crippen molar-refractivity contribution >= 4 is 23.2 Å². The van der Waals surface area contributed by atoms with Gasteiger partial charge in [0, 0.05) is 32.8 Å². The van der Waals surface area contributed by atoms with Crippen LogP contribution in [0.4, 0.5) is 0 Å². The molecule has 0 atom stereocenters. The zero-order valence-electron chi connectivity index (χ0n) is 11.7. The van der Waals surface area contributed by atoms with Gasteiger partial charge in [-0.3, -0.25) is 4.79 Å². The first-order chi connectivity index (χ1) is 9.24.